The molecule has 94 valence electrons. The minimum atomic E-state index is 0.542. The van der Waals surface area contributed by atoms with Crippen LogP contribution in [-0.4, -0.2) is 33.4 Å². The Bertz CT molecular complexity index is 370. The average Bonchev–Trinajstić information content (AvgIpc) is 2.39. The van der Waals surface area contributed by atoms with Crippen LogP contribution in [0.4, 0.5) is 5.69 Å². The second kappa shape index (κ2) is 5.41. The Balaban J connectivity index is 2.30. The summed E-state index contributed by atoms with van der Waals surface area (Å²) in [6.07, 6.45) is 0. The molecule has 0 aromatic heterocycles. The third kappa shape index (κ3) is 2.72. The van der Waals surface area contributed by atoms with Gasteiger partial charge in [0.1, 0.15) is 5.75 Å². The van der Waals surface area contributed by atoms with E-state index >= 15 is 0 Å². The molecule has 1 heterocycles. The fraction of sp³-hybridized carbons (Fsp3) is 0.571. The molecule has 1 aromatic rings. The average molecular weight is 235 g/mol. The number of hydrogen-bond acceptors (Lipinski definition) is 3. The van der Waals surface area contributed by atoms with E-state index in [1.165, 1.54) is 11.3 Å². The maximum absolute atomic E-state index is 5.45. The Morgan fingerprint density at radius 2 is 1.94 bits per heavy atom. The highest BCUT2D eigenvalue weighted by molar-refractivity contribution is 5.60. The van der Waals surface area contributed by atoms with Crippen molar-refractivity contribution in [2.45, 2.75) is 19.8 Å². The van der Waals surface area contributed by atoms with E-state index in [4.69, 9.17) is 9.47 Å². The van der Waals surface area contributed by atoms with Gasteiger partial charge in [0.2, 0.25) is 0 Å². The normalized spacial score (nSPS) is 16.4. The molecule has 0 aliphatic carbocycles. The van der Waals surface area contributed by atoms with Gasteiger partial charge in [0.25, 0.3) is 0 Å². The summed E-state index contributed by atoms with van der Waals surface area (Å²) in [5.74, 6) is 1.50. The Morgan fingerprint density at radius 3 is 2.53 bits per heavy atom. The number of benzene rings is 1. The maximum Gasteiger partial charge on any atom is 0.142 e. The van der Waals surface area contributed by atoms with Crippen LogP contribution < -0.4 is 9.64 Å². The smallest absolute Gasteiger partial charge is 0.142 e. The van der Waals surface area contributed by atoms with Gasteiger partial charge in [0.15, 0.2) is 0 Å². The van der Waals surface area contributed by atoms with Gasteiger partial charge >= 0.3 is 0 Å². The zero-order valence-electron chi connectivity index (χ0n) is 10.9. The van der Waals surface area contributed by atoms with Gasteiger partial charge in [-0.25, -0.2) is 0 Å². The van der Waals surface area contributed by atoms with Crippen LogP contribution in [0.2, 0.25) is 0 Å². The molecule has 0 amide bonds. The zero-order chi connectivity index (χ0) is 12.3. The quantitative estimate of drug-likeness (QED) is 0.804. The lowest BCUT2D eigenvalue weighted by Gasteiger charge is -2.30. The predicted octanol–water partition coefficient (Wildman–Crippen LogP) is 2.66. The highest BCUT2D eigenvalue weighted by atomic mass is 16.5. The van der Waals surface area contributed by atoms with Gasteiger partial charge < -0.3 is 14.4 Å². The number of rotatable bonds is 3. The summed E-state index contributed by atoms with van der Waals surface area (Å²) in [7, 11) is 1.73. The third-order valence-corrected chi connectivity index (χ3v) is 3.22. The summed E-state index contributed by atoms with van der Waals surface area (Å²) in [6.45, 7) is 7.91. The number of hydrogen-bond donors (Lipinski definition) is 0. The summed E-state index contributed by atoms with van der Waals surface area (Å²) in [4.78, 5) is 2.34. The number of nitrogens with zero attached hydrogens (tertiary/aromatic N) is 1. The van der Waals surface area contributed by atoms with Gasteiger partial charge in [-0.15, -0.1) is 0 Å². The summed E-state index contributed by atoms with van der Waals surface area (Å²) >= 11 is 0. The van der Waals surface area contributed by atoms with Crippen molar-refractivity contribution < 1.29 is 9.47 Å². The van der Waals surface area contributed by atoms with E-state index in [0.29, 0.717) is 5.92 Å². The van der Waals surface area contributed by atoms with Gasteiger partial charge in [-0.2, -0.15) is 0 Å². The second-order valence-corrected chi connectivity index (χ2v) is 4.69. The fourth-order valence-electron chi connectivity index (χ4n) is 2.12. The molecule has 0 radical (unpaired) electrons. The van der Waals surface area contributed by atoms with Gasteiger partial charge in [-0.05, 0) is 23.6 Å². The molecule has 0 bridgehead atoms. The first-order valence-corrected chi connectivity index (χ1v) is 6.23. The molecule has 1 aliphatic rings. The summed E-state index contributed by atoms with van der Waals surface area (Å²) in [6, 6.07) is 6.46. The van der Waals surface area contributed by atoms with E-state index in [1.807, 2.05) is 0 Å². The molecule has 1 saturated heterocycles. The van der Waals surface area contributed by atoms with Crippen LogP contribution >= 0.6 is 0 Å². The molecule has 0 atom stereocenters. The molecule has 0 unspecified atom stereocenters. The van der Waals surface area contributed by atoms with Crippen LogP contribution in [0.15, 0.2) is 18.2 Å². The highest BCUT2D eigenvalue weighted by Crippen LogP contribution is 2.32. The molecule has 0 spiro atoms. The minimum Gasteiger partial charge on any atom is -0.495 e. The zero-order valence-corrected chi connectivity index (χ0v) is 10.9. The van der Waals surface area contributed by atoms with E-state index in [0.717, 1.165) is 32.1 Å². The molecule has 1 aromatic carbocycles. The lowest BCUT2D eigenvalue weighted by Crippen LogP contribution is -2.36. The lowest BCUT2D eigenvalue weighted by atomic mass is 10.0. The van der Waals surface area contributed by atoms with Crippen molar-refractivity contribution in [3.05, 3.63) is 23.8 Å². The first kappa shape index (κ1) is 12.2. The monoisotopic (exact) mass is 235 g/mol. The Kier molecular flexibility index (Phi) is 3.89. The molecule has 17 heavy (non-hydrogen) atoms. The van der Waals surface area contributed by atoms with Gasteiger partial charge in [-0.1, -0.05) is 19.9 Å². The fourth-order valence-corrected chi connectivity index (χ4v) is 2.12. The van der Waals surface area contributed by atoms with Crippen LogP contribution in [-0.2, 0) is 4.74 Å². The summed E-state index contributed by atoms with van der Waals surface area (Å²) < 4.78 is 10.8. The summed E-state index contributed by atoms with van der Waals surface area (Å²) in [5, 5.41) is 0. The van der Waals surface area contributed by atoms with E-state index < -0.39 is 0 Å². The molecule has 1 fully saturated rings. The molecular formula is C14H21NO2. The number of methoxy groups -OCH3 is 1. The van der Waals surface area contributed by atoms with E-state index in [-0.39, 0.29) is 0 Å². The topological polar surface area (TPSA) is 21.7 Å². The molecule has 2 rings (SSSR count). The lowest BCUT2D eigenvalue weighted by molar-refractivity contribution is 0.122. The minimum absolute atomic E-state index is 0.542. The standard InChI is InChI=1S/C14H21NO2/c1-11(2)12-4-5-14(16-3)13(10-12)15-6-8-17-9-7-15/h4-5,10-11H,6-9H2,1-3H3. The van der Waals surface area contributed by atoms with Crippen molar-refractivity contribution in [2.75, 3.05) is 38.3 Å². The maximum atomic E-state index is 5.45. The van der Waals surface area contributed by atoms with Crippen molar-refractivity contribution >= 4 is 5.69 Å². The molecule has 3 nitrogen and oxygen atoms in total. The molecule has 1 aliphatic heterocycles. The van der Waals surface area contributed by atoms with Gasteiger partial charge in [0, 0.05) is 13.1 Å². The third-order valence-electron chi connectivity index (χ3n) is 3.22. The largest absolute Gasteiger partial charge is 0.495 e. The van der Waals surface area contributed by atoms with E-state index in [9.17, 15) is 0 Å². The van der Waals surface area contributed by atoms with Crippen molar-refractivity contribution in [1.29, 1.82) is 0 Å². The summed E-state index contributed by atoms with van der Waals surface area (Å²) in [5.41, 5.74) is 2.55. The van der Waals surface area contributed by atoms with Crippen LogP contribution in [0.3, 0.4) is 0 Å². The number of anilines is 1. The van der Waals surface area contributed by atoms with Crippen LogP contribution in [0, 0.1) is 0 Å². The van der Waals surface area contributed by atoms with Gasteiger partial charge in [-0.3, -0.25) is 0 Å². The molecule has 3 heteroatoms. The van der Waals surface area contributed by atoms with E-state index in [1.54, 1.807) is 7.11 Å². The van der Waals surface area contributed by atoms with Crippen molar-refractivity contribution in [2.24, 2.45) is 0 Å². The van der Waals surface area contributed by atoms with Crippen molar-refractivity contribution in [3.8, 4) is 5.75 Å². The van der Waals surface area contributed by atoms with Gasteiger partial charge in [0.05, 0.1) is 26.0 Å². The Hall–Kier alpha value is -1.22. The Morgan fingerprint density at radius 1 is 1.24 bits per heavy atom. The van der Waals surface area contributed by atoms with Crippen LogP contribution in [0.5, 0.6) is 5.75 Å². The number of ether oxygens (including phenoxy) is 2. The van der Waals surface area contributed by atoms with Crippen LogP contribution in [0.25, 0.3) is 0 Å². The molecule has 0 N–H and O–H groups in total. The number of morpholine rings is 1. The van der Waals surface area contributed by atoms with Crippen LogP contribution in [0.1, 0.15) is 25.3 Å². The Labute approximate surface area is 103 Å². The van der Waals surface area contributed by atoms with E-state index in [2.05, 4.69) is 36.9 Å². The second-order valence-electron chi connectivity index (χ2n) is 4.69. The SMILES string of the molecule is COc1ccc(C(C)C)cc1N1CCOCC1. The molecular weight excluding hydrogens is 214 g/mol. The van der Waals surface area contributed by atoms with Crippen molar-refractivity contribution in [1.82, 2.24) is 0 Å². The first-order chi connectivity index (χ1) is 8.22. The molecule has 0 saturated carbocycles. The predicted molar refractivity (Wildman–Crippen MR) is 70.1 cm³/mol. The highest BCUT2D eigenvalue weighted by Gasteiger charge is 2.16. The van der Waals surface area contributed by atoms with Crippen molar-refractivity contribution in [3.63, 3.8) is 0 Å². The first-order valence-electron chi connectivity index (χ1n) is 6.23.